The van der Waals surface area contributed by atoms with E-state index in [-0.39, 0.29) is 19.1 Å². The molecule has 0 aliphatic carbocycles. The fourth-order valence-electron chi connectivity index (χ4n) is 1.65. The van der Waals surface area contributed by atoms with Gasteiger partial charge < -0.3 is 9.64 Å². The van der Waals surface area contributed by atoms with E-state index < -0.39 is 6.10 Å². The van der Waals surface area contributed by atoms with E-state index in [2.05, 4.69) is 0 Å². The van der Waals surface area contributed by atoms with Crippen LogP contribution in [0.3, 0.4) is 0 Å². The van der Waals surface area contributed by atoms with Crippen molar-refractivity contribution in [3.8, 4) is 6.07 Å². The van der Waals surface area contributed by atoms with Crippen LogP contribution in [0.5, 0.6) is 0 Å². The Hall–Kier alpha value is -1.57. The second-order valence-corrected chi connectivity index (χ2v) is 4.27. The van der Waals surface area contributed by atoms with Gasteiger partial charge in [0.2, 0.25) is 0 Å². The lowest BCUT2D eigenvalue weighted by molar-refractivity contribution is -0.127. The molecule has 0 aromatic heterocycles. The molecule has 1 aromatic rings. The number of nitriles is 1. The van der Waals surface area contributed by atoms with Crippen LogP contribution >= 0.6 is 11.6 Å². The molecule has 1 aromatic carbocycles. The smallest absolute Gasteiger partial charge is 0.253 e. The average molecular weight is 251 g/mol. The number of carbonyl (C=O) groups excluding carboxylic acids is 1. The minimum absolute atomic E-state index is 0.0658. The van der Waals surface area contributed by atoms with E-state index in [1.165, 1.54) is 4.90 Å². The summed E-state index contributed by atoms with van der Waals surface area (Å²) in [5.41, 5.74) is 1.65. The number of morpholine rings is 1. The minimum Gasteiger partial charge on any atom is -0.352 e. The van der Waals surface area contributed by atoms with Gasteiger partial charge in [-0.2, -0.15) is 5.26 Å². The van der Waals surface area contributed by atoms with E-state index in [1.807, 2.05) is 25.1 Å². The number of aryl methyl sites for hydroxylation is 1. The number of anilines is 1. The van der Waals surface area contributed by atoms with Crippen LogP contribution in [0.1, 0.15) is 5.56 Å². The lowest BCUT2D eigenvalue weighted by Crippen LogP contribution is -2.46. The Morgan fingerprint density at radius 1 is 1.59 bits per heavy atom. The molecule has 88 valence electrons. The number of benzene rings is 1. The van der Waals surface area contributed by atoms with Crippen molar-refractivity contribution >= 4 is 23.2 Å². The Labute approximate surface area is 104 Å². The molecule has 1 atom stereocenters. The number of hydrogen-bond donors (Lipinski definition) is 0. The normalized spacial score (nSPS) is 20.2. The number of ether oxygens (including phenoxy) is 1. The van der Waals surface area contributed by atoms with Gasteiger partial charge in [0.05, 0.1) is 12.6 Å². The molecule has 1 heterocycles. The maximum atomic E-state index is 11.7. The summed E-state index contributed by atoms with van der Waals surface area (Å²) in [6, 6.07) is 7.40. The van der Waals surface area contributed by atoms with Gasteiger partial charge >= 0.3 is 0 Å². The number of carbonyl (C=O) groups is 1. The van der Waals surface area contributed by atoms with E-state index in [0.29, 0.717) is 10.7 Å². The van der Waals surface area contributed by atoms with E-state index in [9.17, 15) is 4.79 Å². The summed E-state index contributed by atoms with van der Waals surface area (Å²) in [5.74, 6) is -0.156. The Bertz CT molecular complexity index is 496. The van der Waals surface area contributed by atoms with Gasteiger partial charge in [-0.3, -0.25) is 4.79 Å². The highest BCUT2D eigenvalue weighted by Gasteiger charge is 2.27. The lowest BCUT2D eigenvalue weighted by atomic mass is 10.2. The summed E-state index contributed by atoms with van der Waals surface area (Å²) in [4.78, 5) is 13.2. The van der Waals surface area contributed by atoms with Crippen molar-refractivity contribution in [1.29, 1.82) is 5.26 Å². The summed E-state index contributed by atoms with van der Waals surface area (Å²) in [7, 11) is 0. The van der Waals surface area contributed by atoms with Crippen molar-refractivity contribution in [1.82, 2.24) is 0 Å². The first-order chi connectivity index (χ1) is 8.11. The SMILES string of the molecule is Cc1ccc(N2CC(C#N)OCC2=O)cc1Cl. The molecule has 17 heavy (non-hydrogen) atoms. The van der Waals surface area contributed by atoms with Crippen LogP contribution in [0.15, 0.2) is 18.2 Å². The number of hydrogen-bond acceptors (Lipinski definition) is 3. The summed E-state index contributed by atoms with van der Waals surface area (Å²) in [6.45, 7) is 2.07. The van der Waals surface area contributed by atoms with Crippen LogP contribution in [0.4, 0.5) is 5.69 Å². The first kappa shape index (κ1) is 11.9. The molecular weight excluding hydrogens is 240 g/mol. The second-order valence-electron chi connectivity index (χ2n) is 3.87. The molecule has 1 aliphatic heterocycles. The molecule has 0 N–H and O–H groups in total. The summed E-state index contributed by atoms with van der Waals surface area (Å²) < 4.78 is 5.06. The van der Waals surface area contributed by atoms with Gasteiger partial charge in [-0.15, -0.1) is 0 Å². The van der Waals surface area contributed by atoms with Gasteiger partial charge in [0.15, 0.2) is 6.10 Å². The topological polar surface area (TPSA) is 53.3 Å². The monoisotopic (exact) mass is 250 g/mol. The second kappa shape index (κ2) is 4.74. The maximum absolute atomic E-state index is 11.7. The minimum atomic E-state index is -0.576. The summed E-state index contributed by atoms with van der Waals surface area (Å²) >= 11 is 6.02. The zero-order valence-electron chi connectivity index (χ0n) is 9.31. The Morgan fingerprint density at radius 2 is 2.35 bits per heavy atom. The average Bonchev–Trinajstić information content (AvgIpc) is 2.33. The Balaban J connectivity index is 2.28. The van der Waals surface area contributed by atoms with Crippen molar-refractivity contribution < 1.29 is 9.53 Å². The molecule has 2 rings (SSSR count). The number of rotatable bonds is 1. The first-order valence-corrected chi connectivity index (χ1v) is 5.57. The number of amides is 1. The zero-order valence-corrected chi connectivity index (χ0v) is 10.1. The van der Waals surface area contributed by atoms with E-state index in [0.717, 1.165) is 5.56 Å². The summed E-state index contributed by atoms with van der Waals surface area (Å²) in [5, 5.41) is 9.41. The van der Waals surface area contributed by atoms with Crippen molar-refractivity contribution in [2.45, 2.75) is 13.0 Å². The van der Waals surface area contributed by atoms with Crippen LogP contribution in [0.2, 0.25) is 5.02 Å². The van der Waals surface area contributed by atoms with Crippen LogP contribution < -0.4 is 4.90 Å². The van der Waals surface area contributed by atoms with E-state index in [1.54, 1.807) is 6.07 Å². The van der Waals surface area contributed by atoms with Crippen LogP contribution in [0.25, 0.3) is 0 Å². The van der Waals surface area contributed by atoms with Crippen molar-refractivity contribution in [2.75, 3.05) is 18.1 Å². The van der Waals surface area contributed by atoms with E-state index >= 15 is 0 Å². The van der Waals surface area contributed by atoms with Crippen molar-refractivity contribution in [2.24, 2.45) is 0 Å². The zero-order chi connectivity index (χ0) is 12.4. The predicted molar refractivity (Wildman–Crippen MR) is 63.9 cm³/mol. The van der Waals surface area contributed by atoms with Gasteiger partial charge in [0, 0.05) is 10.7 Å². The van der Waals surface area contributed by atoms with Gasteiger partial charge in [-0.05, 0) is 24.6 Å². The van der Waals surface area contributed by atoms with Gasteiger partial charge in [-0.1, -0.05) is 17.7 Å². The third kappa shape index (κ3) is 2.41. The molecule has 4 nitrogen and oxygen atoms in total. The number of nitrogens with zero attached hydrogens (tertiary/aromatic N) is 2. The van der Waals surface area contributed by atoms with Gasteiger partial charge in [0.1, 0.15) is 6.61 Å². The standard InChI is InChI=1S/C12H11ClN2O2/c1-8-2-3-9(4-11(8)13)15-6-10(5-14)17-7-12(15)16/h2-4,10H,6-7H2,1H3. The molecule has 0 spiro atoms. The lowest BCUT2D eigenvalue weighted by Gasteiger charge is -2.29. The highest BCUT2D eigenvalue weighted by atomic mass is 35.5. The Kier molecular flexibility index (Phi) is 3.32. The molecule has 1 fully saturated rings. The maximum Gasteiger partial charge on any atom is 0.253 e. The third-order valence-corrected chi connectivity index (χ3v) is 3.08. The van der Waals surface area contributed by atoms with E-state index in [4.69, 9.17) is 21.6 Å². The molecular formula is C12H11ClN2O2. The molecule has 1 aliphatic rings. The van der Waals surface area contributed by atoms with Crippen molar-refractivity contribution in [3.05, 3.63) is 28.8 Å². The number of halogens is 1. The van der Waals surface area contributed by atoms with Crippen LogP contribution in [-0.2, 0) is 9.53 Å². The first-order valence-electron chi connectivity index (χ1n) is 5.19. The third-order valence-electron chi connectivity index (χ3n) is 2.67. The largest absolute Gasteiger partial charge is 0.352 e. The highest BCUT2D eigenvalue weighted by Crippen LogP contribution is 2.24. The summed E-state index contributed by atoms with van der Waals surface area (Å²) in [6.07, 6.45) is -0.576. The molecule has 1 amide bonds. The molecule has 1 unspecified atom stereocenters. The molecule has 5 heteroatoms. The van der Waals surface area contributed by atoms with Gasteiger partial charge in [0.25, 0.3) is 5.91 Å². The highest BCUT2D eigenvalue weighted by molar-refractivity contribution is 6.31. The fraction of sp³-hybridized carbons (Fsp3) is 0.333. The quantitative estimate of drug-likeness (QED) is 0.765. The molecule has 1 saturated heterocycles. The van der Waals surface area contributed by atoms with Gasteiger partial charge in [-0.25, -0.2) is 0 Å². The van der Waals surface area contributed by atoms with Crippen molar-refractivity contribution in [3.63, 3.8) is 0 Å². The molecule has 0 bridgehead atoms. The molecule has 0 radical (unpaired) electrons. The Morgan fingerprint density at radius 3 is 3.00 bits per heavy atom. The van der Waals surface area contributed by atoms with Crippen LogP contribution in [-0.4, -0.2) is 25.2 Å². The molecule has 0 saturated carbocycles. The van der Waals surface area contributed by atoms with Crippen LogP contribution in [0, 0.1) is 18.3 Å². The predicted octanol–water partition coefficient (Wildman–Crippen LogP) is 1.90. The fourth-order valence-corrected chi connectivity index (χ4v) is 1.82.